The highest BCUT2D eigenvalue weighted by Crippen LogP contribution is 2.33. The Bertz CT molecular complexity index is 859. The van der Waals surface area contributed by atoms with Gasteiger partial charge >= 0.3 is 0 Å². The van der Waals surface area contributed by atoms with Crippen LogP contribution in [0.2, 0.25) is 5.02 Å². The smallest absolute Gasteiger partial charge is 0.229 e. The van der Waals surface area contributed by atoms with Crippen molar-refractivity contribution in [1.82, 2.24) is 14.9 Å². The first-order chi connectivity index (χ1) is 14.2. The molecule has 0 spiro atoms. The summed E-state index contributed by atoms with van der Waals surface area (Å²) in [5, 5.41) is 7.20. The number of anilines is 3. The summed E-state index contributed by atoms with van der Waals surface area (Å²) >= 11 is 6.24. The Morgan fingerprint density at radius 3 is 2.62 bits per heavy atom. The van der Waals surface area contributed by atoms with Crippen molar-refractivity contribution in [3.63, 3.8) is 0 Å². The Kier molecular flexibility index (Phi) is 6.37. The molecular weight excluding hydrogens is 390 g/mol. The highest BCUT2D eigenvalue weighted by atomic mass is 35.5. The average Bonchev–Trinajstić information content (AvgIpc) is 3.56. The van der Waals surface area contributed by atoms with Crippen LogP contribution in [0.25, 0.3) is 0 Å². The Labute approximate surface area is 176 Å². The Hall–Kier alpha value is -2.09. The predicted octanol–water partition coefficient (Wildman–Crippen LogP) is 3.50. The summed E-state index contributed by atoms with van der Waals surface area (Å²) in [6, 6.07) is 4.77. The molecule has 2 N–H and O–H groups in total. The molecule has 0 saturated heterocycles. The van der Waals surface area contributed by atoms with Gasteiger partial charge in [-0.3, -0.25) is 0 Å². The summed E-state index contributed by atoms with van der Waals surface area (Å²) in [5.74, 6) is 1.98. The molecule has 2 aromatic rings. The first-order valence-electron chi connectivity index (χ1n) is 10.1. The van der Waals surface area contributed by atoms with Gasteiger partial charge in [0.05, 0.1) is 25.6 Å². The molecule has 4 rings (SSSR count). The van der Waals surface area contributed by atoms with Gasteiger partial charge in [0.25, 0.3) is 0 Å². The van der Waals surface area contributed by atoms with Crippen LogP contribution in [0.5, 0.6) is 5.75 Å². The van der Waals surface area contributed by atoms with Crippen LogP contribution in [0, 0.1) is 0 Å². The lowest BCUT2D eigenvalue weighted by molar-refractivity contribution is 0.150. The zero-order valence-corrected chi connectivity index (χ0v) is 17.8. The number of benzene rings is 1. The highest BCUT2D eigenvalue weighted by molar-refractivity contribution is 6.32. The first kappa shape index (κ1) is 20.2. The van der Waals surface area contributed by atoms with E-state index in [2.05, 4.69) is 37.6 Å². The Balaban J connectivity index is 1.53. The van der Waals surface area contributed by atoms with E-state index in [1.165, 1.54) is 11.1 Å². The third-order valence-electron chi connectivity index (χ3n) is 5.44. The van der Waals surface area contributed by atoms with Crippen molar-refractivity contribution in [3.8, 4) is 5.75 Å². The number of methoxy groups -OCH3 is 2. The number of rotatable bonds is 8. The summed E-state index contributed by atoms with van der Waals surface area (Å²) in [6.45, 7) is 3.78. The van der Waals surface area contributed by atoms with Gasteiger partial charge in [-0.05, 0) is 48.9 Å². The maximum absolute atomic E-state index is 6.24. The van der Waals surface area contributed by atoms with Crippen LogP contribution in [-0.2, 0) is 17.6 Å². The zero-order chi connectivity index (χ0) is 20.2. The fraction of sp³-hybridized carbons (Fsp3) is 0.524. The molecule has 8 heteroatoms. The van der Waals surface area contributed by atoms with Crippen molar-refractivity contribution in [2.75, 3.05) is 51.1 Å². The molecule has 2 heterocycles. The molecule has 1 aliphatic carbocycles. The number of fused-ring (bicyclic) bond motifs is 1. The normalized spacial score (nSPS) is 16.8. The quantitative estimate of drug-likeness (QED) is 0.681. The Morgan fingerprint density at radius 1 is 1.17 bits per heavy atom. The minimum Gasteiger partial charge on any atom is -0.495 e. The molecule has 0 bridgehead atoms. The van der Waals surface area contributed by atoms with Gasteiger partial charge in [0.15, 0.2) is 5.82 Å². The van der Waals surface area contributed by atoms with E-state index in [-0.39, 0.29) is 0 Å². The van der Waals surface area contributed by atoms with Crippen molar-refractivity contribution in [2.24, 2.45) is 0 Å². The molecule has 0 unspecified atom stereocenters. The van der Waals surface area contributed by atoms with E-state index < -0.39 is 0 Å². The number of aromatic nitrogens is 2. The van der Waals surface area contributed by atoms with Gasteiger partial charge in [0, 0.05) is 32.8 Å². The average molecular weight is 418 g/mol. The molecule has 1 saturated carbocycles. The number of hydrogen-bond acceptors (Lipinski definition) is 7. The van der Waals surface area contributed by atoms with E-state index in [0.29, 0.717) is 22.8 Å². The summed E-state index contributed by atoms with van der Waals surface area (Å²) in [6.07, 6.45) is 5.94. The fourth-order valence-electron chi connectivity index (χ4n) is 3.58. The predicted molar refractivity (Wildman–Crippen MR) is 116 cm³/mol. The monoisotopic (exact) mass is 417 g/mol. The lowest BCUT2D eigenvalue weighted by Gasteiger charge is -2.18. The van der Waals surface area contributed by atoms with Gasteiger partial charge in [-0.2, -0.15) is 4.98 Å². The SMILES string of the molecule is COCCN1CCc2cc(Nc3ncc(Cl)c(NC4CC4)n3)c(OC)cc2CC1. The molecule has 156 valence electrons. The zero-order valence-electron chi connectivity index (χ0n) is 17.0. The second-order valence-corrected chi connectivity index (χ2v) is 8.00. The largest absolute Gasteiger partial charge is 0.495 e. The summed E-state index contributed by atoms with van der Waals surface area (Å²) < 4.78 is 10.9. The van der Waals surface area contributed by atoms with E-state index in [4.69, 9.17) is 21.1 Å². The Morgan fingerprint density at radius 2 is 1.93 bits per heavy atom. The molecule has 29 heavy (non-hydrogen) atoms. The van der Waals surface area contributed by atoms with Crippen molar-refractivity contribution < 1.29 is 9.47 Å². The van der Waals surface area contributed by atoms with Crippen molar-refractivity contribution >= 4 is 29.1 Å². The van der Waals surface area contributed by atoms with E-state index in [0.717, 1.165) is 63.4 Å². The van der Waals surface area contributed by atoms with Crippen molar-refractivity contribution in [3.05, 3.63) is 34.5 Å². The molecule has 1 fully saturated rings. The highest BCUT2D eigenvalue weighted by Gasteiger charge is 2.23. The first-order valence-corrected chi connectivity index (χ1v) is 10.5. The molecule has 0 amide bonds. The van der Waals surface area contributed by atoms with E-state index in [1.54, 1.807) is 20.4 Å². The molecule has 2 aliphatic rings. The summed E-state index contributed by atoms with van der Waals surface area (Å²) in [5.41, 5.74) is 3.54. The number of hydrogen-bond donors (Lipinski definition) is 2. The second-order valence-electron chi connectivity index (χ2n) is 7.59. The minimum atomic E-state index is 0.471. The topological polar surface area (TPSA) is 71.5 Å². The van der Waals surface area contributed by atoms with E-state index in [9.17, 15) is 0 Å². The third kappa shape index (κ3) is 5.10. The molecule has 0 radical (unpaired) electrons. The van der Waals surface area contributed by atoms with Crippen LogP contribution in [0.4, 0.5) is 17.5 Å². The second kappa shape index (κ2) is 9.15. The maximum Gasteiger partial charge on any atom is 0.229 e. The van der Waals surface area contributed by atoms with E-state index >= 15 is 0 Å². The van der Waals surface area contributed by atoms with Crippen LogP contribution < -0.4 is 15.4 Å². The number of nitrogens with one attached hydrogen (secondary N) is 2. The van der Waals surface area contributed by atoms with E-state index in [1.807, 2.05) is 0 Å². The standard InChI is InChI=1S/C21H28ClN5O2/c1-28-10-9-27-7-5-14-11-18(19(29-2)12-15(14)6-8-27)25-21-23-13-17(22)20(26-21)24-16-3-4-16/h11-13,16H,3-10H2,1-2H3,(H2,23,24,25,26). The molecule has 1 aromatic heterocycles. The maximum atomic E-state index is 6.24. The van der Waals surface area contributed by atoms with Crippen LogP contribution in [0.15, 0.2) is 18.3 Å². The lowest BCUT2D eigenvalue weighted by Crippen LogP contribution is -2.29. The number of nitrogens with zero attached hydrogens (tertiary/aromatic N) is 3. The van der Waals surface area contributed by atoms with Gasteiger partial charge < -0.3 is 25.0 Å². The molecule has 7 nitrogen and oxygen atoms in total. The van der Waals surface area contributed by atoms with Crippen molar-refractivity contribution in [2.45, 2.75) is 31.7 Å². The number of halogens is 1. The molecule has 1 aromatic carbocycles. The van der Waals surface area contributed by atoms with Crippen LogP contribution >= 0.6 is 11.6 Å². The molecular formula is C21H28ClN5O2. The van der Waals surface area contributed by atoms with Crippen molar-refractivity contribution in [1.29, 1.82) is 0 Å². The molecule has 0 atom stereocenters. The summed E-state index contributed by atoms with van der Waals surface area (Å²) in [7, 11) is 3.44. The van der Waals surface area contributed by atoms with Gasteiger partial charge in [-0.15, -0.1) is 0 Å². The van der Waals surface area contributed by atoms with Gasteiger partial charge in [-0.25, -0.2) is 4.98 Å². The fourth-order valence-corrected chi connectivity index (χ4v) is 3.73. The third-order valence-corrected chi connectivity index (χ3v) is 5.71. The van der Waals surface area contributed by atoms with Crippen LogP contribution in [-0.4, -0.2) is 61.4 Å². The van der Waals surface area contributed by atoms with Crippen LogP contribution in [0.1, 0.15) is 24.0 Å². The van der Waals surface area contributed by atoms with Gasteiger partial charge in [0.2, 0.25) is 5.95 Å². The number of ether oxygens (including phenoxy) is 2. The van der Waals surface area contributed by atoms with Gasteiger partial charge in [-0.1, -0.05) is 11.6 Å². The molecule has 1 aliphatic heterocycles. The minimum absolute atomic E-state index is 0.471. The van der Waals surface area contributed by atoms with Gasteiger partial charge in [0.1, 0.15) is 10.8 Å². The summed E-state index contributed by atoms with van der Waals surface area (Å²) in [4.78, 5) is 11.3. The van der Waals surface area contributed by atoms with Crippen LogP contribution in [0.3, 0.4) is 0 Å². The lowest BCUT2D eigenvalue weighted by atomic mass is 10.0.